The number of pyridine rings is 2. The molecule has 2 aliphatic rings. The van der Waals surface area contributed by atoms with Crippen LogP contribution in [0.1, 0.15) is 60.5 Å². The third-order valence-electron chi connectivity index (χ3n) is 7.05. The third kappa shape index (κ3) is 4.88. The van der Waals surface area contributed by atoms with Gasteiger partial charge >= 0.3 is 6.03 Å². The van der Waals surface area contributed by atoms with Crippen LogP contribution in [-0.4, -0.2) is 39.9 Å². The van der Waals surface area contributed by atoms with Gasteiger partial charge in [-0.05, 0) is 55.9 Å². The molecule has 0 aromatic carbocycles. The molecule has 4 heterocycles. The molecule has 3 N–H and O–H groups in total. The lowest BCUT2D eigenvalue weighted by Crippen LogP contribution is -2.52. The molecule has 10 heteroatoms. The molecule has 0 radical (unpaired) electrons. The Bertz CT molecular complexity index is 1430. The van der Waals surface area contributed by atoms with Gasteiger partial charge in [0.1, 0.15) is 9.71 Å². The minimum Gasteiger partial charge on any atom is -0.348 e. The normalized spacial score (nSPS) is 18.8. The Morgan fingerprint density at radius 3 is 2.63 bits per heavy atom. The topological polar surface area (TPSA) is 116 Å². The maximum Gasteiger partial charge on any atom is 0.331 e. The van der Waals surface area contributed by atoms with Gasteiger partial charge < -0.3 is 16.0 Å². The van der Waals surface area contributed by atoms with Crippen LogP contribution in [0.3, 0.4) is 0 Å². The zero-order chi connectivity index (χ0) is 27.0. The highest BCUT2D eigenvalue weighted by molar-refractivity contribution is 7.21. The first-order valence-corrected chi connectivity index (χ1v) is 13.8. The second kappa shape index (κ2) is 10.5. The van der Waals surface area contributed by atoms with Crippen molar-refractivity contribution >= 4 is 56.5 Å². The van der Waals surface area contributed by atoms with E-state index in [1.165, 1.54) is 17.4 Å². The van der Waals surface area contributed by atoms with Gasteiger partial charge in [-0.15, -0.1) is 11.3 Å². The lowest BCUT2D eigenvalue weighted by atomic mass is 9.90. The van der Waals surface area contributed by atoms with Gasteiger partial charge in [0.05, 0.1) is 28.6 Å². The molecule has 1 aliphatic heterocycles. The number of amides is 4. The molecule has 0 spiro atoms. The summed E-state index contributed by atoms with van der Waals surface area (Å²) in [5.41, 5.74) is 3.75. The zero-order valence-corrected chi connectivity index (χ0v) is 22.7. The van der Waals surface area contributed by atoms with E-state index in [0.29, 0.717) is 32.7 Å². The summed E-state index contributed by atoms with van der Waals surface area (Å²) in [6, 6.07) is 3.08. The number of urea groups is 1. The highest BCUT2D eigenvalue weighted by atomic mass is 32.1. The van der Waals surface area contributed by atoms with Gasteiger partial charge in [0.2, 0.25) is 5.91 Å². The predicted octanol–water partition coefficient (Wildman–Crippen LogP) is 5.23. The number of hydrogen-bond donors (Lipinski definition) is 3. The monoisotopic (exact) mass is 532 g/mol. The van der Waals surface area contributed by atoms with Gasteiger partial charge in [-0.1, -0.05) is 33.3 Å². The van der Waals surface area contributed by atoms with Crippen LogP contribution in [0.5, 0.6) is 0 Å². The SMILES string of the molecule is C=CC(=O)N[C@H]1CCCC[C@H]1NC(=O)c1sc2nccc3c2c1NC(=O)N3c1cnc(CC(C)C)cc1C. The quantitative estimate of drug-likeness (QED) is 0.361. The fourth-order valence-corrected chi connectivity index (χ4v) is 6.33. The van der Waals surface area contributed by atoms with E-state index >= 15 is 0 Å². The molecule has 5 rings (SSSR count). The van der Waals surface area contributed by atoms with Gasteiger partial charge in [-0.3, -0.25) is 19.5 Å². The number of aryl methyl sites for hydroxylation is 1. The van der Waals surface area contributed by atoms with Gasteiger partial charge in [-0.25, -0.2) is 9.78 Å². The first-order chi connectivity index (χ1) is 18.3. The van der Waals surface area contributed by atoms with Gasteiger partial charge in [-0.2, -0.15) is 0 Å². The summed E-state index contributed by atoms with van der Waals surface area (Å²) in [5.74, 6) is -0.0643. The molecule has 1 fully saturated rings. The Balaban J connectivity index is 1.47. The van der Waals surface area contributed by atoms with E-state index in [4.69, 9.17) is 0 Å². The van der Waals surface area contributed by atoms with Crippen LogP contribution in [0.4, 0.5) is 21.9 Å². The number of carbonyl (C=O) groups excluding carboxylic acids is 3. The van der Waals surface area contributed by atoms with Crippen LogP contribution in [0.25, 0.3) is 10.2 Å². The van der Waals surface area contributed by atoms with Crippen molar-refractivity contribution < 1.29 is 14.4 Å². The maximum atomic E-state index is 13.5. The van der Waals surface area contributed by atoms with Crippen LogP contribution >= 0.6 is 11.3 Å². The largest absolute Gasteiger partial charge is 0.348 e. The van der Waals surface area contributed by atoms with Crippen molar-refractivity contribution in [1.29, 1.82) is 0 Å². The highest BCUT2D eigenvalue weighted by Crippen LogP contribution is 2.46. The molecule has 0 saturated heterocycles. The Labute approximate surface area is 225 Å². The van der Waals surface area contributed by atoms with Gasteiger partial charge in [0.15, 0.2) is 0 Å². The number of nitrogens with zero attached hydrogens (tertiary/aromatic N) is 3. The molecule has 1 aliphatic carbocycles. The van der Waals surface area contributed by atoms with Crippen molar-refractivity contribution in [2.45, 2.75) is 65.0 Å². The molecule has 3 aromatic heterocycles. The van der Waals surface area contributed by atoms with Crippen LogP contribution in [0.2, 0.25) is 0 Å². The molecule has 198 valence electrons. The molecule has 0 unspecified atom stereocenters. The van der Waals surface area contributed by atoms with E-state index in [1.807, 2.05) is 13.0 Å². The lowest BCUT2D eigenvalue weighted by molar-refractivity contribution is -0.117. The minimum atomic E-state index is -0.354. The molecular formula is C28H32N6O3S. The Morgan fingerprint density at radius 1 is 1.21 bits per heavy atom. The second-order valence-corrected chi connectivity index (χ2v) is 11.3. The van der Waals surface area contributed by atoms with E-state index in [2.05, 4.69) is 46.3 Å². The summed E-state index contributed by atoms with van der Waals surface area (Å²) in [6.45, 7) is 9.79. The average Bonchev–Trinajstić information content (AvgIpc) is 3.25. The molecule has 1 saturated carbocycles. The third-order valence-corrected chi connectivity index (χ3v) is 8.14. The van der Waals surface area contributed by atoms with Crippen LogP contribution in [-0.2, 0) is 11.2 Å². The number of nitrogens with one attached hydrogen (secondary N) is 3. The highest BCUT2D eigenvalue weighted by Gasteiger charge is 2.35. The summed E-state index contributed by atoms with van der Waals surface area (Å²) in [7, 11) is 0. The van der Waals surface area contributed by atoms with Crippen LogP contribution in [0.15, 0.2) is 37.2 Å². The summed E-state index contributed by atoms with van der Waals surface area (Å²) < 4.78 is 0. The molecule has 38 heavy (non-hydrogen) atoms. The fraction of sp³-hybridized carbons (Fsp3) is 0.393. The van der Waals surface area contributed by atoms with E-state index < -0.39 is 0 Å². The molecular weight excluding hydrogens is 500 g/mol. The Hall–Kier alpha value is -3.79. The van der Waals surface area contributed by atoms with Crippen molar-refractivity contribution in [3.05, 3.63) is 53.3 Å². The average molecular weight is 533 g/mol. The first kappa shape index (κ1) is 25.8. The van der Waals surface area contributed by atoms with Crippen molar-refractivity contribution in [2.24, 2.45) is 5.92 Å². The van der Waals surface area contributed by atoms with Crippen LogP contribution < -0.4 is 20.9 Å². The first-order valence-electron chi connectivity index (χ1n) is 13.0. The predicted molar refractivity (Wildman–Crippen MR) is 150 cm³/mol. The second-order valence-electron chi connectivity index (χ2n) is 10.3. The summed E-state index contributed by atoms with van der Waals surface area (Å²) >= 11 is 1.25. The fourth-order valence-electron chi connectivity index (χ4n) is 5.31. The molecule has 0 bridgehead atoms. The summed E-state index contributed by atoms with van der Waals surface area (Å²) in [4.78, 5) is 50.6. The molecule has 4 amide bonds. The summed E-state index contributed by atoms with van der Waals surface area (Å²) in [6.07, 6.45) is 8.99. The smallest absolute Gasteiger partial charge is 0.331 e. The number of aromatic nitrogens is 2. The molecule has 2 atom stereocenters. The van der Waals surface area contributed by atoms with E-state index in [0.717, 1.165) is 48.7 Å². The number of hydrogen-bond acceptors (Lipinski definition) is 6. The van der Waals surface area contributed by atoms with E-state index in [1.54, 1.807) is 23.4 Å². The van der Waals surface area contributed by atoms with Gasteiger partial charge in [0.25, 0.3) is 5.91 Å². The summed E-state index contributed by atoms with van der Waals surface area (Å²) in [5, 5.41) is 9.72. The van der Waals surface area contributed by atoms with Gasteiger partial charge in [0, 0.05) is 24.0 Å². The maximum absolute atomic E-state index is 13.5. The van der Waals surface area contributed by atoms with E-state index in [-0.39, 0.29) is 29.9 Å². The number of carbonyl (C=O) groups is 3. The number of rotatable bonds is 7. The van der Waals surface area contributed by atoms with Crippen molar-refractivity contribution in [1.82, 2.24) is 20.6 Å². The van der Waals surface area contributed by atoms with Crippen molar-refractivity contribution in [2.75, 3.05) is 10.2 Å². The number of anilines is 3. The van der Waals surface area contributed by atoms with Crippen molar-refractivity contribution in [3.63, 3.8) is 0 Å². The minimum absolute atomic E-state index is 0.170. The zero-order valence-electron chi connectivity index (χ0n) is 21.8. The van der Waals surface area contributed by atoms with Crippen molar-refractivity contribution in [3.8, 4) is 0 Å². The van der Waals surface area contributed by atoms with Crippen LogP contribution in [0, 0.1) is 12.8 Å². The standard InChI is InChI=1S/C28H32N6O3S/c1-5-22(35)31-18-8-6-7-9-19(18)32-26(36)25-24-23-20(10-11-29-27(23)38-25)34(28(37)33-24)21-14-30-17(12-15(2)3)13-16(21)4/h5,10-11,13-15,18-19H,1,6-9,12H2,2-4H3,(H,31,35)(H,32,36)(H,33,37)/t18-,19+/m0/s1. The lowest BCUT2D eigenvalue weighted by Gasteiger charge is -2.32. The Morgan fingerprint density at radius 2 is 1.95 bits per heavy atom. The Kier molecular flexibility index (Phi) is 7.16. The van der Waals surface area contributed by atoms with E-state index in [9.17, 15) is 14.4 Å². The molecule has 3 aromatic rings. The molecule has 9 nitrogen and oxygen atoms in total. The number of thiophene rings is 1.